The molecule has 0 aliphatic carbocycles. The number of aliphatic imine (C=N–C) groups is 2. The van der Waals surface area contributed by atoms with E-state index in [1.165, 1.54) is 14.1 Å². The molecule has 0 aromatic heterocycles. The van der Waals surface area contributed by atoms with Gasteiger partial charge in [-0.2, -0.15) is 8.42 Å². The summed E-state index contributed by atoms with van der Waals surface area (Å²) in [6, 6.07) is 0. The van der Waals surface area contributed by atoms with Crippen molar-refractivity contribution in [1.82, 2.24) is 10.0 Å². The lowest BCUT2D eigenvalue weighted by Gasteiger charge is -2.07. The average molecular weight is 209 g/mol. The lowest BCUT2D eigenvalue weighted by molar-refractivity contribution is 0.478. The number of rotatable bonds is 1. The van der Waals surface area contributed by atoms with E-state index in [0.29, 0.717) is 0 Å². The van der Waals surface area contributed by atoms with Gasteiger partial charge in [-0.25, -0.2) is 4.72 Å². The fraction of sp³-hybridized carbons (Fsp3) is 0.500. The molecule has 0 aliphatic rings. The van der Waals surface area contributed by atoms with Crippen LogP contribution in [0.25, 0.3) is 0 Å². The lowest BCUT2D eigenvalue weighted by Crippen LogP contribution is -2.46. The van der Waals surface area contributed by atoms with Crippen molar-refractivity contribution in [3.05, 3.63) is 0 Å². The second kappa shape index (κ2) is 4.62. The third kappa shape index (κ3) is 5.87. The summed E-state index contributed by atoms with van der Waals surface area (Å²) in [6.07, 6.45) is 0. The smallest absolute Gasteiger partial charge is 0.359 e. The number of nitrogens with one attached hydrogen (secondary N) is 2. The average Bonchev–Trinajstić information content (AvgIpc) is 2.00. The second-order valence-electron chi connectivity index (χ2n) is 1.88. The molecular weight excluding hydrogens is 198 g/mol. The quantitative estimate of drug-likeness (QED) is 0.223. The number of nitrogens with zero attached hydrogens (tertiary/aromatic N) is 2. The summed E-state index contributed by atoms with van der Waals surface area (Å²) in [7, 11) is -1.63. The van der Waals surface area contributed by atoms with Crippen molar-refractivity contribution in [2.24, 2.45) is 15.7 Å². The van der Waals surface area contributed by atoms with Crippen molar-refractivity contribution >= 4 is 22.2 Å². The van der Waals surface area contributed by atoms with E-state index in [4.69, 9.17) is 10.3 Å². The van der Waals surface area contributed by atoms with Crippen LogP contribution in [0.4, 0.5) is 0 Å². The van der Waals surface area contributed by atoms with E-state index in [2.05, 4.69) is 15.3 Å². The first kappa shape index (κ1) is 11.6. The van der Waals surface area contributed by atoms with Gasteiger partial charge in [0.15, 0.2) is 5.96 Å². The van der Waals surface area contributed by atoms with Gasteiger partial charge >= 0.3 is 10.3 Å². The van der Waals surface area contributed by atoms with Crippen LogP contribution in [0.2, 0.25) is 0 Å². The zero-order valence-electron chi connectivity index (χ0n) is 7.14. The number of hydrogen-bond acceptors (Lipinski definition) is 4. The maximum atomic E-state index is 10.3. The third-order valence-corrected chi connectivity index (χ3v) is 1.39. The fourth-order valence-corrected chi connectivity index (χ4v) is 0.813. The molecule has 0 aromatic rings. The van der Waals surface area contributed by atoms with Gasteiger partial charge in [0.2, 0.25) is 5.96 Å². The van der Waals surface area contributed by atoms with E-state index in [1.807, 2.05) is 0 Å². The summed E-state index contributed by atoms with van der Waals surface area (Å²) in [5.41, 5.74) is 5.21. The highest BCUT2D eigenvalue weighted by Crippen LogP contribution is 1.74. The molecule has 0 fully saturated rings. The molecule has 0 bridgehead atoms. The molecule has 0 rings (SSSR count). The van der Waals surface area contributed by atoms with Crippen molar-refractivity contribution in [3.63, 3.8) is 0 Å². The summed E-state index contributed by atoms with van der Waals surface area (Å²) < 4.78 is 30.7. The Morgan fingerprint density at radius 2 is 1.92 bits per heavy atom. The first-order chi connectivity index (χ1) is 5.89. The highest BCUT2D eigenvalue weighted by Gasteiger charge is 2.07. The van der Waals surface area contributed by atoms with Crippen LogP contribution in [0.15, 0.2) is 9.98 Å². The second-order valence-corrected chi connectivity index (χ2v) is 3.04. The Hall–Kier alpha value is -1.35. The molecule has 0 unspecified atom stereocenters. The molecule has 9 heteroatoms. The summed E-state index contributed by atoms with van der Waals surface area (Å²) in [6.45, 7) is 0. The van der Waals surface area contributed by atoms with Gasteiger partial charge in [-0.15, -0.1) is 0 Å². The standard InChI is InChI=1S/C4H11N5O3S/c1-6-3(5)8-4(7-2)9-13(10,11)12/h1-2H3,(H,10,11,12)(H4,5,6,7,8,9). The van der Waals surface area contributed by atoms with Gasteiger partial charge in [0, 0.05) is 14.1 Å². The Bertz CT molecular complexity index is 319. The van der Waals surface area contributed by atoms with E-state index in [-0.39, 0.29) is 11.9 Å². The van der Waals surface area contributed by atoms with Gasteiger partial charge in [0.1, 0.15) is 0 Å². The summed E-state index contributed by atoms with van der Waals surface area (Å²) in [5.74, 6) is -0.248. The molecule has 13 heavy (non-hydrogen) atoms. The molecule has 0 spiro atoms. The first-order valence-corrected chi connectivity index (χ1v) is 4.54. The minimum atomic E-state index is -4.34. The SMILES string of the molecule is CN=C(N)NC(=NC)NS(=O)(=O)O. The summed E-state index contributed by atoms with van der Waals surface area (Å²) in [4.78, 5) is 6.95. The van der Waals surface area contributed by atoms with E-state index in [9.17, 15) is 8.42 Å². The maximum Gasteiger partial charge on any atom is 0.359 e. The van der Waals surface area contributed by atoms with Crippen molar-refractivity contribution < 1.29 is 13.0 Å². The van der Waals surface area contributed by atoms with Gasteiger partial charge in [-0.3, -0.25) is 19.9 Å². The van der Waals surface area contributed by atoms with Crippen molar-refractivity contribution in [2.75, 3.05) is 14.1 Å². The van der Waals surface area contributed by atoms with E-state index in [1.54, 1.807) is 4.72 Å². The largest absolute Gasteiger partial charge is 0.370 e. The first-order valence-electron chi connectivity index (χ1n) is 3.10. The molecule has 5 N–H and O–H groups in total. The zero-order valence-corrected chi connectivity index (χ0v) is 7.96. The molecule has 0 atom stereocenters. The van der Waals surface area contributed by atoms with Crippen LogP contribution in [0.3, 0.4) is 0 Å². The molecular formula is C4H11N5O3S. The minimum Gasteiger partial charge on any atom is -0.370 e. The molecule has 0 saturated carbocycles. The third-order valence-electron chi connectivity index (χ3n) is 0.937. The topological polar surface area (TPSA) is 129 Å². The van der Waals surface area contributed by atoms with Crippen molar-refractivity contribution in [3.8, 4) is 0 Å². The van der Waals surface area contributed by atoms with Gasteiger partial charge in [-0.1, -0.05) is 0 Å². The molecule has 0 heterocycles. The predicted octanol–water partition coefficient (Wildman–Crippen LogP) is -2.10. The van der Waals surface area contributed by atoms with E-state index >= 15 is 0 Å². The molecule has 76 valence electrons. The van der Waals surface area contributed by atoms with Crippen LogP contribution in [0, 0.1) is 0 Å². The van der Waals surface area contributed by atoms with Crippen LogP contribution >= 0.6 is 0 Å². The van der Waals surface area contributed by atoms with Crippen molar-refractivity contribution in [1.29, 1.82) is 0 Å². The van der Waals surface area contributed by atoms with Crippen molar-refractivity contribution in [2.45, 2.75) is 0 Å². The highest BCUT2D eigenvalue weighted by atomic mass is 32.2. The molecule has 0 radical (unpaired) electrons. The fourth-order valence-electron chi connectivity index (χ4n) is 0.426. The highest BCUT2D eigenvalue weighted by molar-refractivity contribution is 7.84. The maximum absolute atomic E-state index is 10.3. The molecule has 0 amide bonds. The Labute approximate surface area is 75.8 Å². The minimum absolute atomic E-state index is 0.0308. The number of nitrogens with two attached hydrogens (primary N) is 1. The summed E-state index contributed by atoms with van der Waals surface area (Å²) in [5, 5.41) is 2.30. The Kier molecular flexibility index (Phi) is 4.14. The number of hydrogen-bond donors (Lipinski definition) is 4. The molecule has 0 aliphatic heterocycles. The van der Waals surface area contributed by atoms with Gasteiger partial charge in [0.25, 0.3) is 0 Å². The molecule has 0 aromatic carbocycles. The summed E-state index contributed by atoms with van der Waals surface area (Å²) >= 11 is 0. The van der Waals surface area contributed by atoms with Gasteiger partial charge in [0.05, 0.1) is 0 Å². The zero-order chi connectivity index (χ0) is 10.5. The molecule has 8 nitrogen and oxygen atoms in total. The van der Waals surface area contributed by atoms with E-state index in [0.717, 1.165) is 0 Å². The van der Waals surface area contributed by atoms with Crippen LogP contribution in [0.1, 0.15) is 0 Å². The van der Waals surface area contributed by atoms with Gasteiger partial charge in [-0.05, 0) is 0 Å². The van der Waals surface area contributed by atoms with E-state index < -0.39 is 10.3 Å². The van der Waals surface area contributed by atoms with Crippen LogP contribution in [-0.4, -0.2) is 39.0 Å². The monoisotopic (exact) mass is 209 g/mol. The Balaban J connectivity index is 4.41. The molecule has 0 saturated heterocycles. The number of guanidine groups is 2. The normalized spacial score (nSPS) is 14.1. The van der Waals surface area contributed by atoms with Crippen LogP contribution in [0.5, 0.6) is 0 Å². The van der Waals surface area contributed by atoms with Crippen LogP contribution < -0.4 is 15.8 Å². The Morgan fingerprint density at radius 3 is 2.23 bits per heavy atom. The predicted molar refractivity (Wildman–Crippen MR) is 48.7 cm³/mol. The van der Waals surface area contributed by atoms with Crippen LogP contribution in [-0.2, 0) is 10.3 Å². The van der Waals surface area contributed by atoms with Gasteiger partial charge < -0.3 is 5.73 Å². The Morgan fingerprint density at radius 1 is 1.38 bits per heavy atom. The lowest BCUT2D eigenvalue weighted by atomic mass is 10.8.